The molecule has 0 bridgehead atoms. The molecule has 1 N–H and O–H groups in total. The van der Waals surface area contributed by atoms with Crippen molar-refractivity contribution in [3.8, 4) is 5.75 Å². The van der Waals surface area contributed by atoms with Gasteiger partial charge in [-0.05, 0) is 22.5 Å². The van der Waals surface area contributed by atoms with Crippen molar-refractivity contribution in [3.05, 3.63) is 36.4 Å². The summed E-state index contributed by atoms with van der Waals surface area (Å²) in [6, 6.07) is 10.1. The molecular weight excluding hydrogens is 223 g/mol. The first-order valence-electron chi connectivity index (χ1n) is 4.00. The summed E-state index contributed by atoms with van der Waals surface area (Å²) in [7, 11) is 0. The number of phenolic OH excluding ortho intramolecular Hbond substituents is 1. The van der Waals surface area contributed by atoms with Crippen LogP contribution in [0.1, 0.15) is 0 Å². The minimum absolute atomic E-state index is 0. The summed E-state index contributed by atoms with van der Waals surface area (Å²) in [5.74, 6) is -0.184. The van der Waals surface area contributed by atoms with Crippen LogP contribution in [0, 0.1) is 0 Å². The molecule has 2 aromatic carbocycles. The van der Waals surface area contributed by atoms with Crippen molar-refractivity contribution in [3.63, 3.8) is 0 Å². The third-order valence-electron chi connectivity index (χ3n) is 2.04. The molecule has 2 aromatic rings. The molecule has 0 aliphatic heterocycles. The van der Waals surface area contributed by atoms with Gasteiger partial charge < -0.3 is 9.66 Å². The Morgan fingerprint density at radius 2 is 1.80 bits per heavy atom. The van der Waals surface area contributed by atoms with Crippen molar-refractivity contribution in [1.29, 1.82) is 0 Å². The number of aromatic hydroxyl groups is 1. The molecule has 0 fully saturated rings. The van der Waals surface area contributed by atoms with Crippen LogP contribution in [0.2, 0.25) is 0 Å². The molecule has 72 valence electrons. The van der Waals surface area contributed by atoms with E-state index in [0.29, 0.717) is 5.39 Å². The van der Waals surface area contributed by atoms with Crippen LogP contribution in [0.4, 0.5) is 0 Å². The zero-order valence-corrected chi connectivity index (χ0v) is 11.0. The van der Waals surface area contributed by atoms with E-state index >= 15 is 0 Å². The summed E-state index contributed by atoms with van der Waals surface area (Å²) in [6.07, 6.45) is 0. The summed E-state index contributed by atoms with van der Waals surface area (Å²) in [4.78, 5) is -0.0660. The van der Waals surface area contributed by atoms with Gasteiger partial charge in [-0.25, -0.2) is 0 Å². The Morgan fingerprint density at radius 3 is 2.47 bits per heavy atom. The van der Waals surface area contributed by atoms with Gasteiger partial charge in [-0.15, -0.1) is 0 Å². The summed E-state index contributed by atoms with van der Waals surface area (Å²) < 4.78 is 21.4. The maximum absolute atomic E-state index is 10.7. The van der Waals surface area contributed by atoms with Gasteiger partial charge in [0.05, 0.1) is 4.90 Å². The SMILES string of the molecule is O=S([O-])c1ccc2ccccc2c1O.[Na+]. The molecule has 3 nitrogen and oxygen atoms in total. The number of fused-ring (bicyclic) bond motifs is 1. The molecule has 0 aliphatic carbocycles. The fourth-order valence-corrected chi connectivity index (χ4v) is 1.82. The summed E-state index contributed by atoms with van der Waals surface area (Å²) >= 11 is -2.40. The van der Waals surface area contributed by atoms with Crippen LogP contribution in [0.5, 0.6) is 5.75 Å². The van der Waals surface area contributed by atoms with Crippen LogP contribution >= 0.6 is 0 Å². The Morgan fingerprint density at radius 1 is 1.13 bits per heavy atom. The Labute approximate surface area is 112 Å². The zero-order valence-electron chi connectivity index (χ0n) is 8.14. The third kappa shape index (κ3) is 2.41. The van der Waals surface area contributed by atoms with Crippen LogP contribution in [-0.2, 0) is 11.1 Å². The molecule has 1 atom stereocenters. The minimum atomic E-state index is -2.40. The first-order chi connectivity index (χ1) is 6.70. The molecule has 0 saturated heterocycles. The maximum atomic E-state index is 10.7. The van der Waals surface area contributed by atoms with E-state index in [0.717, 1.165) is 5.39 Å². The number of benzene rings is 2. The van der Waals surface area contributed by atoms with Crippen LogP contribution in [0.3, 0.4) is 0 Å². The first kappa shape index (κ1) is 12.7. The van der Waals surface area contributed by atoms with Gasteiger partial charge in [0.2, 0.25) is 0 Å². The van der Waals surface area contributed by atoms with E-state index in [4.69, 9.17) is 0 Å². The second-order valence-electron chi connectivity index (χ2n) is 2.87. The number of rotatable bonds is 1. The van der Waals surface area contributed by atoms with Crippen molar-refractivity contribution in [2.75, 3.05) is 0 Å². The van der Waals surface area contributed by atoms with Gasteiger partial charge in [-0.1, -0.05) is 30.3 Å². The van der Waals surface area contributed by atoms with E-state index in [1.807, 2.05) is 12.1 Å². The van der Waals surface area contributed by atoms with Crippen molar-refractivity contribution in [2.45, 2.75) is 4.90 Å². The topological polar surface area (TPSA) is 60.4 Å². The smallest absolute Gasteiger partial charge is 0.768 e. The Balaban J connectivity index is 0.00000112. The van der Waals surface area contributed by atoms with Gasteiger partial charge in [-0.2, -0.15) is 0 Å². The van der Waals surface area contributed by atoms with Crippen LogP contribution in [0.25, 0.3) is 10.8 Å². The number of hydrogen-bond donors (Lipinski definition) is 1. The summed E-state index contributed by atoms with van der Waals surface area (Å²) in [5, 5.41) is 11.0. The Bertz CT molecular complexity index is 513. The van der Waals surface area contributed by atoms with Crippen LogP contribution < -0.4 is 29.6 Å². The maximum Gasteiger partial charge on any atom is 1.00 e. The first-order valence-corrected chi connectivity index (χ1v) is 5.07. The summed E-state index contributed by atoms with van der Waals surface area (Å²) in [6.45, 7) is 0. The molecule has 0 aliphatic rings. The van der Waals surface area contributed by atoms with Gasteiger partial charge in [0.15, 0.2) is 0 Å². The molecular formula is C10H7NaO3S. The largest absolute Gasteiger partial charge is 1.00 e. The van der Waals surface area contributed by atoms with Crippen LogP contribution in [-0.4, -0.2) is 13.9 Å². The van der Waals surface area contributed by atoms with Gasteiger partial charge in [0.25, 0.3) is 0 Å². The fourth-order valence-electron chi connectivity index (χ4n) is 1.37. The van der Waals surface area contributed by atoms with Gasteiger partial charge in [0, 0.05) is 5.39 Å². The summed E-state index contributed by atoms with van der Waals surface area (Å²) in [5.41, 5.74) is 0. The average molecular weight is 230 g/mol. The van der Waals surface area contributed by atoms with Crippen molar-refractivity contribution in [1.82, 2.24) is 0 Å². The van der Waals surface area contributed by atoms with E-state index in [1.165, 1.54) is 6.07 Å². The molecule has 0 aromatic heterocycles. The predicted octanol–water partition coefficient (Wildman–Crippen LogP) is -1.21. The zero-order chi connectivity index (χ0) is 10.1. The van der Waals surface area contributed by atoms with Crippen molar-refractivity contribution in [2.24, 2.45) is 0 Å². The minimum Gasteiger partial charge on any atom is -0.768 e. The van der Waals surface area contributed by atoms with Gasteiger partial charge in [-0.3, -0.25) is 4.21 Å². The normalized spacial score (nSPS) is 12.1. The van der Waals surface area contributed by atoms with E-state index in [2.05, 4.69) is 0 Å². The monoisotopic (exact) mass is 230 g/mol. The third-order valence-corrected chi connectivity index (χ3v) is 2.73. The molecule has 0 amide bonds. The van der Waals surface area contributed by atoms with Crippen molar-refractivity contribution < 1.29 is 43.4 Å². The Kier molecular flexibility index (Phi) is 4.31. The van der Waals surface area contributed by atoms with Crippen LogP contribution in [0.15, 0.2) is 41.3 Å². The fraction of sp³-hybridized carbons (Fsp3) is 0. The molecule has 15 heavy (non-hydrogen) atoms. The molecule has 0 heterocycles. The molecule has 0 radical (unpaired) electrons. The van der Waals surface area contributed by atoms with Gasteiger partial charge in [0.1, 0.15) is 5.75 Å². The quantitative estimate of drug-likeness (QED) is 0.494. The molecule has 0 saturated carbocycles. The van der Waals surface area contributed by atoms with E-state index in [9.17, 15) is 13.9 Å². The molecule has 0 spiro atoms. The van der Waals surface area contributed by atoms with E-state index < -0.39 is 11.1 Å². The van der Waals surface area contributed by atoms with Crippen molar-refractivity contribution >= 4 is 21.9 Å². The predicted molar refractivity (Wildman–Crippen MR) is 52.8 cm³/mol. The number of hydrogen-bond acceptors (Lipinski definition) is 3. The molecule has 2 rings (SSSR count). The van der Waals surface area contributed by atoms with Gasteiger partial charge >= 0.3 is 29.6 Å². The van der Waals surface area contributed by atoms with E-state index in [1.54, 1.807) is 18.2 Å². The van der Waals surface area contributed by atoms with E-state index in [-0.39, 0.29) is 40.2 Å². The molecule has 5 heteroatoms. The average Bonchev–Trinajstić information content (AvgIpc) is 2.18. The second-order valence-corrected chi connectivity index (χ2v) is 3.78. The second kappa shape index (κ2) is 5.09. The Hall–Kier alpha value is -0.390. The standard InChI is InChI=1S/C10H8O3S.Na/c11-10-8-4-2-1-3-7(8)5-6-9(10)14(12)13;/h1-6,11H,(H,12,13);/q;+1/p-1. The molecule has 1 unspecified atom stereocenters. The number of phenols is 1.